The molecular formula is C16H15N3O3. The maximum absolute atomic E-state index is 12.2. The number of nitrogens with zero attached hydrogens (tertiary/aromatic N) is 3. The minimum atomic E-state index is -0.444. The van der Waals surface area contributed by atoms with Gasteiger partial charge in [0.1, 0.15) is 11.6 Å². The van der Waals surface area contributed by atoms with E-state index in [4.69, 9.17) is 5.26 Å². The zero-order valence-corrected chi connectivity index (χ0v) is 12.6. The molecule has 1 aromatic carbocycles. The number of ether oxygens (including phenoxy) is 1. The van der Waals surface area contributed by atoms with Gasteiger partial charge in [-0.3, -0.25) is 4.79 Å². The number of benzene rings is 1. The van der Waals surface area contributed by atoms with Crippen LogP contribution in [0.3, 0.4) is 0 Å². The van der Waals surface area contributed by atoms with E-state index in [1.54, 1.807) is 38.1 Å². The lowest BCUT2D eigenvalue weighted by atomic mass is 10.1. The summed E-state index contributed by atoms with van der Waals surface area (Å²) in [5.74, 6) is -0.444. The van der Waals surface area contributed by atoms with E-state index in [1.807, 2.05) is 6.07 Å². The number of nitriles is 1. The Morgan fingerprint density at radius 3 is 2.77 bits per heavy atom. The van der Waals surface area contributed by atoms with Crippen LogP contribution in [0.2, 0.25) is 0 Å². The molecule has 1 heterocycles. The SMILES string of the molecule is COC(=O)c1cccc(Cn2nc(C)c(C)c(C#N)c2=O)c1. The maximum atomic E-state index is 12.2. The molecule has 0 aliphatic rings. The summed E-state index contributed by atoms with van der Waals surface area (Å²) >= 11 is 0. The summed E-state index contributed by atoms with van der Waals surface area (Å²) in [7, 11) is 1.31. The average Bonchev–Trinajstić information content (AvgIpc) is 2.52. The maximum Gasteiger partial charge on any atom is 0.337 e. The lowest BCUT2D eigenvalue weighted by Gasteiger charge is -2.09. The Hall–Kier alpha value is -2.94. The van der Waals surface area contributed by atoms with Crippen LogP contribution in [0.25, 0.3) is 0 Å². The Morgan fingerprint density at radius 1 is 1.41 bits per heavy atom. The molecular weight excluding hydrogens is 282 g/mol. The zero-order chi connectivity index (χ0) is 16.3. The highest BCUT2D eigenvalue weighted by Gasteiger charge is 2.12. The van der Waals surface area contributed by atoms with Gasteiger partial charge in [-0.1, -0.05) is 12.1 Å². The number of aromatic nitrogens is 2. The van der Waals surface area contributed by atoms with Crippen molar-refractivity contribution in [2.24, 2.45) is 0 Å². The first-order chi connectivity index (χ1) is 10.5. The molecule has 1 aromatic heterocycles. The molecule has 0 fully saturated rings. The van der Waals surface area contributed by atoms with Crippen LogP contribution in [0.5, 0.6) is 0 Å². The number of carbonyl (C=O) groups excluding carboxylic acids is 1. The van der Waals surface area contributed by atoms with Crippen molar-refractivity contribution >= 4 is 5.97 Å². The Balaban J connectivity index is 2.45. The van der Waals surface area contributed by atoms with Gasteiger partial charge >= 0.3 is 5.97 Å². The van der Waals surface area contributed by atoms with Crippen molar-refractivity contribution in [3.63, 3.8) is 0 Å². The molecule has 112 valence electrons. The van der Waals surface area contributed by atoms with Crippen molar-refractivity contribution in [1.29, 1.82) is 5.26 Å². The molecule has 6 heteroatoms. The minimum Gasteiger partial charge on any atom is -0.465 e. The van der Waals surface area contributed by atoms with E-state index in [0.717, 1.165) is 5.56 Å². The lowest BCUT2D eigenvalue weighted by Crippen LogP contribution is -2.28. The number of hydrogen-bond donors (Lipinski definition) is 0. The van der Waals surface area contributed by atoms with Crippen LogP contribution in [0.1, 0.15) is 32.7 Å². The first-order valence-electron chi connectivity index (χ1n) is 6.63. The van der Waals surface area contributed by atoms with Crippen molar-refractivity contribution < 1.29 is 9.53 Å². The van der Waals surface area contributed by atoms with Gasteiger partial charge in [0.25, 0.3) is 5.56 Å². The third-order valence-electron chi connectivity index (χ3n) is 3.43. The highest BCUT2D eigenvalue weighted by Crippen LogP contribution is 2.09. The van der Waals surface area contributed by atoms with E-state index < -0.39 is 11.5 Å². The number of esters is 1. The number of carbonyl (C=O) groups is 1. The van der Waals surface area contributed by atoms with Crippen molar-refractivity contribution in [3.8, 4) is 6.07 Å². The van der Waals surface area contributed by atoms with Gasteiger partial charge in [-0.2, -0.15) is 10.4 Å². The first-order valence-corrected chi connectivity index (χ1v) is 6.63. The molecule has 0 saturated carbocycles. The summed E-state index contributed by atoms with van der Waals surface area (Å²) in [6.45, 7) is 3.63. The summed E-state index contributed by atoms with van der Waals surface area (Å²) in [5, 5.41) is 13.3. The van der Waals surface area contributed by atoms with Crippen LogP contribution in [-0.2, 0) is 11.3 Å². The fourth-order valence-corrected chi connectivity index (χ4v) is 2.10. The molecule has 0 bridgehead atoms. The van der Waals surface area contributed by atoms with Gasteiger partial charge in [-0.05, 0) is 37.1 Å². The van der Waals surface area contributed by atoms with Gasteiger partial charge in [0.15, 0.2) is 0 Å². The summed E-state index contributed by atoms with van der Waals surface area (Å²) in [6.07, 6.45) is 0. The smallest absolute Gasteiger partial charge is 0.337 e. The highest BCUT2D eigenvalue weighted by atomic mass is 16.5. The fraction of sp³-hybridized carbons (Fsp3) is 0.250. The predicted octanol–water partition coefficient (Wildman–Crippen LogP) is 1.57. The first kappa shape index (κ1) is 15.4. The van der Waals surface area contributed by atoms with Gasteiger partial charge in [-0.15, -0.1) is 0 Å². The van der Waals surface area contributed by atoms with Gasteiger partial charge in [0.2, 0.25) is 0 Å². The summed E-state index contributed by atoms with van der Waals surface area (Å²) in [6, 6.07) is 8.68. The summed E-state index contributed by atoms with van der Waals surface area (Å²) in [5.41, 5.74) is 2.00. The third-order valence-corrected chi connectivity index (χ3v) is 3.43. The van der Waals surface area contributed by atoms with Gasteiger partial charge in [0, 0.05) is 0 Å². The Labute approximate surface area is 127 Å². The summed E-state index contributed by atoms with van der Waals surface area (Å²) in [4.78, 5) is 23.8. The van der Waals surface area contributed by atoms with Crippen molar-refractivity contribution in [1.82, 2.24) is 9.78 Å². The standard InChI is InChI=1S/C16H15N3O3/c1-10-11(2)18-19(15(20)14(10)8-17)9-12-5-4-6-13(7-12)16(21)22-3/h4-7H,9H2,1-3H3. The summed E-state index contributed by atoms with van der Waals surface area (Å²) < 4.78 is 5.90. The van der Waals surface area contributed by atoms with Gasteiger partial charge in [-0.25, -0.2) is 9.48 Å². The van der Waals surface area contributed by atoms with Crippen molar-refractivity contribution in [3.05, 3.63) is 62.6 Å². The van der Waals surface area contributed by atoms with E-state index in [-0.39, 0.29) is 12.1 Å². The molecule has 2 aromatic rings. The molecule has 0 atom stereocenters. The predicted molar refractivity (Wildman–Crippen MR) is 79.6 cm³/mol. The number of rotatable bonds is 3. The monoisotopic (exact) mass is 297 g/mol. The molecule has 0 aliphatic heterocycles. The fourth-order valence-electron chi connectivity index (χ4n) is 2.10. The van der Waals surface area contributed by atoms with Crippen LogP contribution < -0.4 is 5.56 Å². The van der Waals surface area contributed by atoms with Gasteiger partial charge in [0.05, 0.1) is 24.9 Å². The van der Waals surface area contributed by atoms with E-state index in [1.165, 1.54) is 11.8 Å². The van der Waals surface area contributed by atoms with E-state index in [9.17, 15) is 9.59 Å². The Bertz CT molecular complexity index is 832. The highest BCUT2D eigenvalue weighted by molar-refractivity contribution is 5.89. The lowest BCUT2D eigenvalue weighted by molar-refractivity contribution is 0.0600. The molecule has 0 amide bonds. The molecule has 0 unspecified atom stereocenters. The molecule has 0 aliphatic carbocycles. The quantitative estimate of drug-likeness (QED) is 0.803. The molecule has 6 nitrogen and oxygen atoms in total. The van der Waals surface area contributed by atoms with Crippen LogP contribution in [0.4, 0.5) is 0 Å². The van der Waals surface area contributed by atoms with E-state index >= 15 is 0 Å². The number of aryl methyl sites for hydroxylation is 1. The molecule has 0 radical (unpaired) electrons. The molecule has 0 saturated heterocycles. The second-order valence-corrected chi connectivity index (χ2v) is 4.85. The topological polar surface area (TPSA) is 85.0 Å². The molecule has 0 spiro atoms. The number of hydrogen-bond acceptors (Lipinski definition) is 5. The van der Waals surface area contributed by atoms with Crippen molar-refractivity contribution in [2.75, 3.05) is 7.11 Å². The average molecular weight is 297 g/mol. The van der Waals surface area contributed by atoms with Crippen LogP contribution in [0, 0.1) is 25.2 Å². The van der Waals surface area contributed by atoms with Gasteiger partial charge < -0.3 is 4.74 Å². The van der Waals surface area contributed by atoms with Crippen LogP contribution in [0.15, 0.2) is 29.1 Å². The van der Waals surface area contributed by atoms with Crippen LogP contribution >= 0.6 is 0 Å². The second-order valence-electron chi connectivity index (χ2n) is 4.85. The Morgan fingerprint density at radius 2 is 2.14 bits per heavy atom. The third kappa shape index (κ3) is 2.88. The normalized spacial score (nSPS) is 10.1. The van der Waals surface area contributed by atoms with E-state index in [2.05, 4.69) is 9.84 Å². The molecule has 0 N–H and O–H groups in total. The zero-order valence-electron chi connectivity index (χ0n) is 12.6. The van der Waals surface area contributed by atoms with Crippen LogP contribution in [-0.4, -0.2) is 22.9 Å². The largest absolute Gasteiger partial charge is 0.465 e. The Kier molecular flexibility index (Phi) is 4.37. The number of methoxy groups -OCH3 is 1. The van der Waals surface area contributed by atoms with Crippen molar-refractivity contribution in [2.45, 2.75) is 20.4 Å². The molecule has 2 rings (SSSR count). The minimum absolute atomic E-state index is 0.0941. The molecule has 22 heavy (non-hydrogen) atoms. The second kappa shape index (κ2) is 6.22. The van der Waals surface area contributed by atoms with E-state index in [0.29, 0.717) is 16.8 Å².